The largest absolute Gasteiger partial charge is 0.494 e. The lowest BCUT2D eigenvalue weighted by Gasteiger charge is -2.08. The minimum Gasteiger partial charge on any atom is -0.494 e. The third kappa shape index (κ3) is 6.06. The molecule has 0 amide bonds. The van der Waals surface area contributed by atoms with Crippen LogP contribution >= 0.6 is 11.6 Å². The summed E-state index contributed by atoms with van der Waals surface area (Å²) < 4.78 is 7.55. The summed E-state index contributed by atoms with van der Waals surface area (Å²) in [7, 11) is 0. The van der Waals surface area contributed by atoms with Gasteiger partial charge in [0.05, 0.1) is 29.8 Å². The topological polar surface area (TPSA) is 142 Å². The molecule has 3 heterocycles. The molecule has 5 N–H and O–H groups in total. The number of carbonyl (C=O) groups is 1. The van der Waals surface area contributed by atoms with Crippen LogP contribution in [-0.4, -0.2) is 43.2 Å². The Hall–Kier alpha value is -4.13. The predicted molar refractivity (Wildman–Crippen MR) is 133 cm³/mol. The van der Waals surface area contributed by atoms with Crippen LogP contribution in [0, 0.1) is 11.8 Å². The molecule has 0 aliphatic rings. The van der Waals surface area contributed by atoms with Crippen LogP contribution in [0.15, 0.2) is 54.9 Å². The number of nitrogens with zero attached hydrogens (tertiary/aromatic N) is 4. The number of pyridine rings is 1. The number of aromatic nitrogens is 4. The summed E-state index contributed by atoms with van der Waals surface area (Å²) in [6.45, 7) is 0.860. The molecule has 0 unspecified atom stereocenters. The molecule has 0 fully saturated rings. The molecule has 4 aromatic rings. The zero-order valence-electron chi connectivity index (χ0n) is 18.7. The molecule has 35 heavy (non-hydrogen) atoms. The summed E-state index contributed by atoms with van der Waals surface area (Å²) in [5.41, 5.74) is 14.2. The van der Waals surface area contributed by atoms with Crippen molar-refractivity contribution >= 4 is 34.6 Å². The van der Waals surface area contributed by atoms with Gasteiger partial charge in [0.25, 0.3) is 0 Å². The Labute approximate surface area is 206 Å². The first-order valence-corrected chi connectivity index (χ1v) is 11.2. The van der Waals surface area contributed by atoms with E-state index >= 15 is 0 Å². The predicted octanol–water partition coefficient (Wildman–Crippen LogP) is 3.08. The second kappa shape index (κ2) is 10.9. The third-order valence-electron chi connectivity index (χ3n) is 5.19. The average Bonchev–Trinajstić information content (AvgIpc) is 3.18. The van der Waals surface area contributed by atoms with Gasteiger partial charge in [-0.3, -0.25) is 9.78 Å². The first-order chi connectivity index (χ1) is 16.9. The van der Waals surface area contributed by atoms with Crippen molar-refractivity contribution in [3.05, 3.63) is 76.8 Å². The number of anilines is 1. The van der Waals surface area contributed by atoms with Crippen LogP contribution in [0.1, 0.15) is 29.7 Å². The number of carboxylic acid groups (broad SMARTS) is 1. The maximum absolute atomic E-state index is 10.8. The fraction of sp³-hybridized carbons (Fsp3) is 0.200. The molecule has 3 aromatic heterocycles. The Balaban J connectivity index is 1.51. The van der Waals surface area contributed by atoms with E-state index < -0.39 is 12.0 Å². The normalized spacial score (nSPS) is 11.6. The van der Waals surface area contributed by atoms with Crippen molar-refractivity contribution in [3.8, 4) is 17.6 Å². The number of fused-ring (bicyclic) bond motifs is 1. The van der Waals surface area contributed by atoms with Crippen LogP contribution in [0.3, 0.4) is 0 Å². The molecule has 9 nitrogen and oxygen atoms in total. The van der Waals surface area contributed by atoms with Crippen LogP contribution < -0.4 is 16.2 Å². The molecule has 10 heteroatoms. The molecule has 0 bridgehead atoms. The van der Waals surface area contributed by atoms with E-state index in [0.29, 0.717) is 48.3 Å². The van der Waals surface area contributed by atoms with E-state index in [0.717, 1.165) is 11.3 Å². The second-order valence-corrected chi connectivity index (χ2v) is 8.13. The van der Waals surface area contributed by atoms with Crippen LogP contribution in [0.5, 0.6) is 5.75 Å². The Morgan fingerprint density at radius 1 is 1.17 bits per heavy atom. The van der Waals surface area contributed by atoms with Crippen molar-refractivity contribution in [3.63, 3.8) is 0 Å². The summed E-state index contributed by atoms with van der Waals surface area (Å²) in [5.74, 6) is 6.03. The lowest BCUT2D eigenvalue weighted by Crippen LogP contribution is -2.30. The number of nitrogen functional groups attached to an aromatic ring is 1. The second-order valence-electron chi connectivity index (χ2n) is 7.77. The van der Waals surface area contributed by atoms with E-state index in [1.807, 2.05) is 53.2 Å². The molecule has 178 valence electrons. The first kappa shape index (κ1) is 24.0. The Kier molecular flexibility index (Phi) is 7.45. The van der Waals surface area contributed by atoms with E-state index in [1.54, 1.807) is 6.20 Å². The number of rotatable bonds is 8. The minimum atomic E-state index is -1.01. The third-order valence-corrected chi connectivity index (χ3v) is 5.46. The zero-order chi connectivity index (χ0) is 24.8. The molecule has 0 aliphatic carbocycles. The van der Waals surface area contributed by atoms with Gasteiger partial charge in [0, 0.05) is 18.0 Å². The van der Waals surface area contributed by atoms with Crippen molar-refractivity contribution in [1.82, 2.24) is 19.5 Å². The SMILES string of the molecule is Nc1nc(Cl)c2c(C#Cc3ccc(OCCC[C@H](N)C(=O)O)cc3)cn(Cc3ccccn3)c2n1. The quantitative estimate of drug-likeness (QED) is 0.194. The van der Waals surface area contributed by atoms with Crippen molar-refractivity contribution in [2.45, 2.75) is 25.4 Å². The molecule has 0 spiro atoms. The summed E-state index contributed by atoms with van der Waals surface area (Å²) in [6.07, 6.45) is 4.50. The number of carboxylic acids is 1. The standard InChI is InChI=1S/C25H23ClN6O3/c26-22-21-17(14-32(23(21)31-25(28)30-22)15-18-4-1-2-12-29-18)9-6-16-7-10-19(11-8-16)35-13-3-5-20(27)24(33)34/h1-2,4,7-8,10-12,14,20H,3,5,13,15,27H2,(H,33,34)(H2,28,30,31)/t20-/m0/s1. The summed E-state index contributed by atoms with van der Waals surface area (Å²) in [4.78, 5) is 23.6. The van der Waals surface area contributed by atoms with Crippen molar-refractivity contribution < 1.29 is 14.6 Å². The van der Waals surface area contributed by atoms with E-state index in [9.17, 15) is 4.79 Å². The number of hydrogen-bond acceptors (Lipinski definition) is 7. The number of ether oxygens (including phenoxy) is 1. The molecule has 0 radical (unpaired) electrons. The number of aliphatic carboxylic acids is 1. The molecule has 0 aliphatic heterocycles. The zero-order valence-corrected chi connectivity index (χ0v) is 19.4. The molecular formula is C25H23ClN6O3. The number of nitrogens with two attached hydrogens (primary N) is 2. The van der Waals surface area contributed by atoms with Crippen LogP contribution in [0.2, 0.25) is 5.15 Å². The maximum atomic E-state index is 10.8. The van der Waals surface area contributed by atoms with Gasteiger partial charge < -0.3 is 25.9 Å². The minimum absolute atomic E-state index is 0.0860. The fourth-order valence-corrected chi connectivity index (χ4v) is 3.70. The number of hydrogen-bond donors (Lipinski definition) is 3. The highest BCUT2D eigenvalue weighted by Crippen LogP contribution is 2.27. The Bertz CT molecular complexity index is 1390. The van der Waals surface area contributed by atoms with E-state index in [2.05, 4.69) is 26.8 Å². The Morgan fingerprint density at radius 3 is 2.69 bits per heavy atom. The highest BCUT2D eigenvalue weighted by atomic mass is 35.5. The van der Waals surface area contributed by atoms with Crippen molar-refractivity contribution in [2.75, 3.05) is 12.3 Å². The van der Waals surface area contributed by atoms with Gasteiger partial charge in [0.2, 0.25) is 5.95 Å². The monoisotopic (exact) mass is 490 g/mol. The van der Waals surface area contributed by atoms with Gasteiger partial charge in [-0.25, -0.2) is 4.98 Å². The molecular weight excluding hydrogens is 468 g/mol. The summed E-state index contributed by atoms with van der Waals surface area (Å²) in [5, 5.41) is 9.68. The molecule has 0 saturated carbocycles. The smallest absolute Gasteiger partial charge is 0.320 e. The van der Waals surface area contributed by atoms with Gasteiger partial charge in [-0.1, -0.05) is 29.5 Å². The lowest BCUT2D eigenvalue weighted by atomic mass is 10.2. The van der Waals surface area contributed by atoms with Gasteiger partial charge in [-0.15, -0.1) is 0 Å². The van der Waals surface area contributed by atoms with Crippen molar-refractivity contribution in [2.24, 2.45) is 5.73 Å². The molecule has 0 saturated heterocycles. The van der Waals surface area contributed by atoms with E-state index in [1.165, 1.54) is 0 Å². The molecule has 1 aromatic carbocycles. The summed E-state index contributed by atoms with van der Waals surface area (Å²) in [6, 6.07) is 12.1. The lowest BCUT2D eigenvalue weighted by molar-refractivity contribution is -0.138. The Morgan fingerprint density at radius 2 is 1.97 bits per heavy atom. The van der Waals surface area contributed by atoms with Crippen molar-refractivity contribution in [1.29, 1.82) is 0 Å². The van der Waals surface area contributed by atoms with Gasteiger partial charge in [0.1, 0.15) is 22.6 Å². The highest BCUT2D eigenvalue weighted by molar-refractivity contribution is 6.34. The molecule has 1 atom stereocenters. The average molecular weight is 491 g/mol. The van der Waals surface area contributed by atoms with Crippen LogP contribution in [0.4, 0.5) is 5.95 Å². The maximum Gasteiger partial charge on any atom is 0.320 e. The first-order valence-electron chi connectivity index (χ1n) is 10.9. The van der Waals surface area contributed by atoms with Gasteiger partial charge >= 0.3 is 5.97 Å². The number of benzene rings is 1. The number of halogens is 1. The fourth-order valence-electron chi connectivity index (χ4n) is 3.43. The van der Waals surface area contributed by atoms with Crippen LogP contribution in [-0.2, 0) is 11.3 Å². The van der Waals surface area contributed by atoms with Gasteiger partial charge in [-0.2, -0.15) is 4.98 Å². The van der Waals surface area contributed by atoms with Gasteiger partial charge in [0.15, 0.2) is 0 Å². The summed E-state index contributed by atoms with van der Waals surface area (Å²) >= 11 is 6.40. The van der Waals surface area contributed by atoms with E-state index in [-0.39, 0.29) is 11.1 Å². The van der Waals surface area contributed by atoms with E-state index in [4.69, 9.17) is 32.9 Å². The molecule has 4 rings (SSSR count). The van der Waals surface area contributed by atoms with Gasteiger partial charge in [-0.05, 0) is 49.2 Å². The highest BCUT2D eigenvalue weighted by Gasteiger charge is 2.15. The van der Waals surface area contributed by atoms with Crippen LogP contribution in [0.25, 0.3) is 11.0 Å².